The molecule has 0 bridgehead atoms. The highest BCUT2D eigenvalue weighted by Crippen LogP contribution is 2.38. The summed E-state index contributed by atoms with van der Waals surface area (Å²) < 4.78 is 48.2. The summed E-state index contributed by atoms with van der Waals surface area (Å²) in [5.74, 6) is -0.853. The number of nitrogens with zero attached hydrogens (tertiary/aromatic N) is 2. The van der Waals surface area contributed by atoms with Gasteiger partial charge in [-0.3, -0.25) is 9.20 Å². The highest BCUT2D eigenvalue weighted by Gasteiger charge is 2.38. The molecule has 3 aromatic carbocycles. The van der Waals surface area contributed by atoms with Crippen molar-refractivity contribution in [2.75, 3.05) is 7.11 Å². The van der Waals surface area contributed by atoms with Crippen molar-refractivity contribution in [1.29, 1.82) is 0 Å². The minimum atomic E-state index is -4.70. The number of rotatable bonds is 3. The first-order chi connectivity index (χ1) is 14.9. The van der Waals surface area contributed by atoms with E-state index in [1.54, 1.807) is 66.7 Å². The lowest BCUT2D eigenvalue weighted by atomic mass is 9.99. The normalized spacial score (nSPS) is 12.0. The smallest absolute Gasteiger partial charge is 0.450 e. The largest absolute Gasteiger partial charge is 0.497 e. The van der Waals surface area contributed by atoms with Crippen LogP contribution in [0.25, 0.3) is 27.3 Å². The fourth-order valence-corrected chi connectivity index (χ4v) is 3.96. The van der Waals surface area contributed by atoms with E-state index in [4.69, 9.17) is 4.74 Å². The average Bonchev–Trinajstić information content (AvgIpc) is 3.13. The molecular weight excluding hydrogens is 405 g/mol. The lowest BCUT2D eigenvalue weighted by Gasteiger charge is -2.13. The van der Waals surface area contributed by atoms with Gasteiger partial charge in [0, 0.05) is 16.3 Å². The number of carbonyl (C=O) groups is 1. The Morgan fingerprint density at radius 2 is 1.55 bits per heavy atom. The van der Waals surface area contributed by atoms with Crippen molar-refractivity contribution in [1.82, 2.24) is 9.38 Å². The van der Waals surface area contributed by atoms with Gasteiger partial charge < -0.3 is 4.74 Å². The second-order valence-electron chi connectivity index (χ2n) is 7.08. The second kappa shape index (κ2) is 6.84. The van der Waals surface area contributed by atoms with Crippen LogP contribution in [0.2, 0.25) is 0 Å². The fraction of sp³-hybridized carbons (Fsp3) is 0.0833. The van der Waals surface area contributed by atoms with Crippen LogP contribution in [0.5, 0.6) is 5.75 Å². The number of alkyl halides is 3. The Bertz CT molecular complexity index is 1470. The Balaban J connectivity index is 1.96. The van der Waals surface area contributed by atoms with Gasteiger partial charge in [0.1, 0.15) is 5.75 Å². The fourth-order valence-electron chi connectivity index (χ4n) is 3.96. The molecule has 0 atom stereocenters. The minimum Gasteiger partial charge on any atom is -0.497 e. The second-order valence-corrected chi connectivity index (χ2v) is 7.08. The number of aromatic nitrogens is 2. The molecule has 0 aliphatic carbocycles. The van der Waals surface area contributed by atoms with Gasteiger partial charge in [-0.25, -0.2) is 4.98 Å². The van der Waals surface area contributed by atoms with Crippen molar-refractivity contribution in [2.24, 2.45) is 0 Å². The van der Waals surface area contributed by atoms with E-state index >= 15 is 0 Å². The van der Waals surface area contributed by atoms with Crippen LogP contribution in [0.15, 0.2) is 72.8 Å². The number of ether oxygens (including phenoxy) is 1. The van der Waals surface area contributed by atoms with E-state index in [9.17, 15) is 18.0 Å². The highest BCUT2D eigenvalue weighted by molar-refractivity contribution is 6.25. The summed E-state index contributed by atoms with van der Waals surface area (Å²) in [4.78, 5) is 17.5. The van der Waals surface area contributed by atoms with Crippen LogP contribution < -0.4 is 4.74 Å². The highest BCUT2D eigenvalue weighted by atomic mass is 19.4. The van der Waals surface area contributed by atoms with E-state index < -0.39 is 12.0 Å². The lowest BCUT2D eigenvalue weighted by molar-refractivity contribution is -0.145. The Hall–Kier alpha value is -3.87. The molecule has 0 spiro atoms. The van der Waals surface area contributed by atoms with Gasteiger partial charge in [0.2, 0.25) is 5.82 Å². The third-order valence-corrected chi connectivity index (χ3v) is 5.30. The minimum absolute atomic E-state index is 0.175. The lowest BCUT2D eigenvalue weighted by Crippen LogP contribution is -2.15. The zero-order valence-electron chi connectivity index (χ0n) is 16.3. The summed E-state index contributed by atoms with van der Waals surface area (Å²) in [6.07, 6.45) is -4.70. The maximum absolute atomic E-state index is 14.0. The summed E-state index contributed by atoms with van der Waals surface area (Å²) in [6, 6.07) is 19.6. The van der Waals surface area contributed by atoms with Crippen LogP contribution in [-0.2, 0) is 6.18 Å². The molecule has 0 radical (unpaired) electrons. The number of fused-ring (bicyclic) bond motifs is 5. The monoisotopic (exact) mass is 420 g/mol. The summed E-state index contributed by atoms with van der Waals surface area (Å²) in [7, 11) is 1.52. The standard InChI is InChI=1S/C24H15F3N2O2/c1-31-15-12-10-14(11-13-15)22(30)20-17-7-3-5-9-19(17)29-21(20)16-6-2-4-8-18(16)28-23(29)24(25,26)27/h2-13H,1H3. The van der Waals surface area contributed by atoms with Crippen molar-refractivity contribution >= 4 is 33.1 Å². The van der Waals surface area contributed by atoms with Gasteiger partial charge in [0.05, 0.1) is 29.2 Å². The maximum atomic E-state index is 14.0. The predicted molar refractivity (Wildman–Crippen MR) is 112 cm³/mol. The van der Waals surface area contributed by atoms with Crippen LogP contribution in [0.3, 0.4) is 0 Å². The zero-order valence-corrected chi connectivity index (χ0v) is 16.3. The molecule has 0 fully saturated rings. The summed E-state index contributed by atoms with van der Waals surface area (Å²) in [5.41, 5.74) is 1.21. The van der Waals surface area contributed by atoms with Gasteiger partial charge in [-0.2, -0.15) is 13.2 Å². The van der Waals surface area contributed by atoms with Gasteiger partial charge in [0.15, 0.2) is 5.78 Å². The van der Waals surface area contributed by atoms with E-state index in [0.717, 1.165) is 4.40 Å². The third-order valence-electron chi connectivity index (χ3n) is 5.30. The molecule has 7 heteroatoms. The van der Waals surface area contributed by atoms with Gasteiger partial charge in [-0.05, 0) is 36.4 Å². The number of methoxy groups -OCH3 is 1. The Kier molecular flexibility index (Phi) is 4.22. The summed E-state index contributed by atoms with van der Waals surface area (Å²) >= 11 is 0. The van der Waals surface area contributed by atoms with Crippen molar-refractivity contribution in [3.8, 4) is 5.75 Å². The van der Waals surface area contributed by atoms with E-state index in [-0.39, 0.29) is 27.9 Å². The first-order valence-corrected chi connectivity index (χ1v) is 9.48. The van der Waals surface area contributed by atoms with E-state index in [2.05, 4.69) is 4.98 Å². The molecular formula is C24H15F3N2O2. The van der Waals surface area contributed by atoms with Gasteiger partial charge >= 0.3 is 6.18 Å². The van der Waals surface area contributed by atoms with Crippen molar-refractivity contribution in [3.05, 3.63) is 89.7 Å². The molecule has 2 aromatic heterocycles. The molecule has 0 unspecified atom stereocenters. The quantitative estimate of drug-likeness (QED) is 0.342. The number of hydrogen-bond donors (Lipinski definition) is 0. The molecule has 0 N–H and O–H groups in total. The maximum Gasteiger partial charge on any atom is 0.450 e. The van der Waals surface area contributed by atoms with Crippen LogP contribution in [0.4, 0.5) is 13.2 Å². The molecule has 2 heterocycles. The van der Waals surface area contributed by atoms with Crippen molar-refractivity contribution < 1.29 is 22.7 Å². The van der Waals surface area contributed by atoms with Crippen molar-refractivity contribution in [2.45, 2.75) is 6.18 Å². The van der Waals surface area contributed by atoms with Gasteiger partial charge in [-0.15, -0.1) is 0 Å². The number of ketones is 1. The SMILES string of the molecule is COc1ccc(C(=O)c2c3ccccc3n3c(C(F)(F)F)nc4ccccc4c23)cc1. The topological polar surface area (TPSA) is 43.6 Å². The van der Waals surface area contributed by atoms with Gasteiger partial charge in [0.25, 0.3) is 0 Å². The molecule has 4 nitrogen and oxygen atoms in total. The third kappa shape index (κ3) is 2.92. The molecule has 0 amide bonds. The van der Waals surface area contributed by atoms with Crippen LogP contribution in [-0.4, -0.2) is 22.3 Å². The average molecular weight is 420 g/mol. The number of hydrogen-bond acceptors (Lipinski definition) is 3. The zero-order chi connectivity index (χ0) is 21.8. The summed E-state index contributed by atoms with van der Waals surface area (Å²) in [6.45, 7) is 0. The van der Waals surface area contributed by atoms with Crippen LogP contribution >= 0.6 is 0 Å². The number of para-hydroxylation sites is 2. The Labute approximate surface area is 174 Å². The number of carbonyl (C=O) groups excluding carboxylic acids is 1. The Morgan fingerprint density at radius 1 is 0.903 bits per heavy atom. The van der Waals surface area contributed by atoms with E-state index in [1.807, 2.05) is 0 Å². The summed E-state index contributed by atoms with van der Waals surface area (Å²) in [5, 5.41) is 0.913. The molecule has 5 aromatic rings. The molecule has 0 saturated heterocycles. The number of benzene rings is 3. The molecule has 154 valence electrons. The van der Waals surface area contributed by atoms with Gasteiger partial charge in [-0.1, -0.05) is 36.4 Å². The molecule has 5 rings (SSSR count). The number of halogens is 3. The van der Waals surface area contributed by atoms with Crippen LogP contribution in [0.1, 0.15) is 21.7 Å². The van der Waals surface area contributed by atoms with Crippen molar-refractivity contribution in [3.63, 3.8) is 0 Å². The molecule has 0 aliphatic heterocycles. The Morgan fingerprint density at radius 3 is 2.23 bits per heavy atom. The first-order valence-electron chi connectivity index (χ1n) is 9.48. The first kappa shape index (κ1) is 19.1. The molecule has 0 saturated carbocycles. The van der Waals surface area contributed by atoms with E-state index in [0.29, 0.717) is 22.1 Å². The van der Waals surface area contributed by atoms with E-state index in [1.165, 1.54) is 13.2 Å². The molecule has 31 heavy (non-hydrogen) atoms. The molecule has 0 aliphatic rings. The van der Waals surface area contributed by atoms with Crippen LogP contribution in [0, 0.1) is 0 Å². The predicted octanol–water partition coefficient (Wildman–Crippen LogP) is 5.90.